The molecule has 2 aliphatic rings. The molecule has 0 spiro atoms. The highest BCUT2D eigenvalue weighted by atomic mass is 19.3. The molecule has 0 saturated carbocycles. The van der Waals surface area contributed by atoms with Crippen molar-refractivity contribution >= 4 is 17.7 Å². The van der Waals surface area contributed by atoms with E-state index in [9.17, 15) is 23.2 Å². The molecular formula is C21H27F2N3O5. The van der Waals surface area contributed by atoms with E-state index in [1.54, 1.807) is 4.90 Å². The zero-order valence-electron chi connectivity index (χ0n) is 17.4. The number of hydrogen-bond acceptors (Lipinski definition) is 5. The van der Waals surface area contributed by atoms with Crippen LogP contribution in [0.2, 0.25) is 0 Å². The molecule has 2 heterocycles. The Balaban J connectivity index is 1.47. The number of amides is 3. The van der Waals surface area contributed by atoms with Crippen molar-refractivity contribution in [2.24, 2.45) is 5.92 Å². The first kappa shape index (κ1) is 22.8. The van der Waals surface area contributed by atoms with Gasteiger partial charge in [-0.05, 0) is 43.9 Å². The zero-order chi connectivity index (χ0) is 22.4. The molecule has 3 rings (SSSR count). The fourth-order valence-corrected chi connectivity index (χ4v) is 3.94. The van der Waals surface area contributed by atoms with Gasteiger partial charge in [-0.2, -0.15) is 8.78 Å². The Morgan fingerprint density at radius 2 is 1.74 bits per heavy atom. The topological polar surface area (TPSA) is 88.2 Å². The first-order valence-corrected chi connectivity index (χ1v) is 10.4. The number of benzene rings is 1. The Bertz CT molecular complexity index is 806. The van der Waals surface area contributed by atoms with E-state index in [-0.39, 0.29) is 41.3 Å². The lowest BCUT2D eigenvalue weighted by Crippen LogP contribution is -2.46. The molecule has 2 fully saturated rings. The standard InChI is InChI=1S/C21H27F2N3O5/c1-30-17-12-15(4-5-16(17)31-21(22)23)19(28)24-13-18(27)25-10-6-14(7-11-25)20(29)26-8-2-3-9-26/h4-5,12,14,21H,2-3,6-11,13H2,1H3,(H,24,28). The molecule has 1 aromatic rings. The number of rotatable bonds is 7. The molecule has 31 heavy (non-hydrogen) atoms. The highest BCUT2D eigenvalue weighted by Crippen LogP contribution is 2.29. The Labute approximate surface area is 179 Å². The third-order valence-corrected chi connectivity index (χ3v) is 5.66. The van der Waals surface area contributed by atoms with Crippen LogP contribution < -0.4 is 14.8 Å². The van der Waals surface area contributed by atoms with Crippen LogP contribution in [0, 0.1) is 5.92 Å². The number of ether oxygens (including phenoxy) is 2. The van der Waals surface area contributed by atoms with Gasteiger partial charge in [0, 0.05) is 37.7 Å². The van der Waals surface area contributed by atoms with Gasteiger partial charge in [0.1, 0.15) is 0 Å². The van der Waals surface area contributed by atoms with Crippen LogP contribution >= 0.6 is 0 Å². The summed E-state index contributed by atoms with van der Waals surface area (Å²) in [7, 11) is 1.27. The van der Waals surface area contributed by atoms with Crippen LogP contribution in [0.15, 0.2) is 18.2 Å². The van der Waals surface area contributed by atoms with Crippen molar-refractivity contribution < 1.29 is 32.6 Å². The number of nitrogens with one attached hydrogen (secondary N) is 1. The Hall–Kier alpha value is -2.91. The maximum atomic E-state index is 12.5. The van der Waals surface area contributed by atoms with E-state index in [2.05, 4.69) is 10.1 Å². The number of carbonyl (C=O) groups is 3. The van der Waals surface area contributed by atoms with Crippen molar-refractivity contribution in [3.05, 3.63) is 23.8 Å². The van der Waals surface area contributed by atoms with Crippen molar-refractivity contribution in [2.45, 2.75) is 32.3 Å². The van der Waals surface area contributed by atoms with Gasteiger partial charge in [-0.3, -0.25) is 14.4 Å². The summed E-state index contributed by atoms with van der Waals surface area (Å²) in [5.74, 6) is -0.816. The van der Waals surface area contributed by atoms with Crippen LogP contribution in [0.3, 0.4) is 0 Å². The Kier molecular flexibility index (Phi) is 7.64. The lowest BCUT2D eigenvalue weighted by atomic mass is 9.95. The molecule has 0 unspecified atom stereocenters. The molecule has 3 amide bonds. The molecule has 0 atom stereocenters. The maximum absolute atomic E-state index is 12.5. The molecule has 2 aliphatic heterocycles. The molecule has 0 aromatic heterocycles. The first-order chi connectivity index (χ1) is 14.9. The molecule has 0 aliphatic carbocycles. The summed E-state index contributed by atoms with van der Waals surface area (Å²) >= 11 is 0. The number of piperidine rings is 1. The number of methoxy groups -OCH3 is 1. The van der Waals surface area contributed by atoms with E-state index in [0.717, 1.165) is 25.9 Å². The lowest BCUT2D eigenvalue weighted by Gasteiger charge is -2.33. The fourth-order valence-electron chi connectivity index (χ4n) is 3.94. The fraction of sp³-hybridized carbons (Fsp3) is 0.571. The Morgan fingerprint density at radius 1 is 1.06 bits per heavy atom. The third kappa shape index (κ3) is 5.83. The average molecular weight is 439 g/mol. The van der Waals surface area contributed by atoms with Gasteiger partial charge in [-0.15, -0.1) is 0 Å². The van der Waals surface area contributed by atoms with E-state index < -0.39 is 12.5 Å². The minimum absolute atomic E-state index is 0.0102. The summed E-state index contributed by atoms with van der Waals surface area (Å²) in [5.41, 5.74) is 0.154. The number of halogens is 2. The minimum atomic E-state index is -3.01. The molecule has 10 heteroatoms. The number of likely N-dealkylation sites (tertiary alicyclic amines) is 2. The monoisotopic (exact) mass is 439 g/mol. The summed E-state index contributed by atoms with van der Waals surface area (Å²) in [6, 6.07) is 3.80. The molecule has 1 N–H and O–H groups in total. The van der Waals surface area contributed by atoms with Crippen LogP contribution in [0.25, 0.3) is 0 Å². The van der Waals surface area contributed by atoms with E-state index >= 15 is 0 Å². The number of carbonyl (C=O) groups excluding carboxylic acids is 3. The van der Waals surface area contributed by atoms with Crippen molar-refractivity contribution in [3.63, 3.8) is 0 Å². The summed E-state index contributed by atoms with van der Waals surface area (Å²) in [6.07, 6.45) is 3.35. The smallest absolute Gasteiger partial charge is 0.387 e. The highest BCUT2D eigenvalue weighted by Gasteiger charge is 2.31. The van der Waals surface area contributed by atoms with Crippen molar-refractivity contribution in [3.8, 4) is 11.5 Å². The second-order valence-corrected chi connectivity index (χ2v) is 7.61. The molecule has 0 radical (unpaired) electrons. The molecule has 170 valence electrons. The third-order valence-electron chi connectivity index (χ3n) is 5.66. The SMILES string of the molecule is COc1cc(C(=O)NCC(=O)N2CCC(C(=O)N3CCCC3)CC2)ccc1OC(F)F. The lowest BCUT2D eigenvalue weighted by molar-refractivity contribution is -0.139. The second kappa shape index (κ2) is 10.4. The van der Waals surface area contributed by atoms with Crippen molar-refractivity contribution in [1.82, 2.24) is 15.1 Å². The van der Waals surface area contributed by atoms with Gasteiger partial charge < -0.3 is 24.6 Å². The molecular weight excluding hydrogens is 412 g/mol. The number of alkyl halides is 2. The molecule has 1 aromatic carbocycles. The predicted octanol–water partition coefficient (Wildman–Crippen LogP) is 1.89. The van der Waals surface area contributed by atoms with Crippen LogP contribution in [-0.2, 0) is 9.59 Å². The summed E-state index contributed by atoms with van der Waals surface area (Å²) in [5, 5.41) is 2.54. The van der Waals surface area contributed by atoms with Gasteiger partial charge in [0.25, 0.3) is 5.91 Å². The van der Waals surface area contributed by atoms with Gasteiger partial charge >= 0.3 is 6.61 Å². The highest BCUT2D eigenvalue weighted by molar-refractivity contribution is 5.97. The molecule has 8 nitrogen and oxygen atoms in total. The normalized spacial score (nSPS) is 17.0. The maximum Gasteiger partial charge on any atom is 0.387 e. The van der Waals surface area contributed by atoms with Gasteiger partial charge in [0.2, 0.25) is 11.8 Å². The number of nitrogens with zero attached hydrogens (tertiary/aromatic N) is 2. The van der Waals surface area contributed by atoms with Gasteiger partial charge in [0.15, 0.2) is 11.5 Å². The van der Waals surface area contributed by atoms with Gasteiger partial charge in [-0.25, -0.2) is 0 Å². The number of hydrogen-bond donors (Lipinski definition) is 1. The average Bonchev–Trinajstić information content (AvgIpc) is 3.31. The van der Waals surface area contributed by atoms with Crippen LogP contribution in [-0.4, -0.2) is 74.0 Å². The van der Waals surface area contributed by atoms with Crippen LogP contribution in [0.5, 0.6) is 11.5 Å². The van der Waals surface area contributed by atoms with E-state index in [4.69, 9.17) is 4.74 Å². The summed E-state index contributed by atoms with van der Waals surface area (Å²) in [4.78, 5) is 40.8. The van der Waals surface area contributed by atoms with Gasteiger partial charge in [0.05, 0.1) is 13.7 Å². The molecule has 2 saturated heterocycles. The quantitative estimate of drug-likeness (QED) is 0.701. The Morgan fingerprint density at radius 3 is 2.35 bits per heavy atom. The largest absolute Gasteiger partial charge is 0.493 e. The first-order valence-electron chi connectivity index (χ1n) is 10.4. The van der Waals surface area contributed by atoms with Crippen molar-refractivity contribution in [1.29, 1.82) is 0 Å². The van der Waals surface area contributed by atoms with E-state index in [0.29, 0.717) is 25.9 Å². The predicted molar refractivity (Wildman–Crippen MR) is 107 cm³/mol. The summed E-state index contributed by atoms with van der Waals surface area (Å²) < 4.78 is 34.1. The van der Waals surface area contributed by atoms with E-state index in [1.807, 2.05) is 4.90 Å². The van der Waals surface area contributed by atoms with Gasteiger partial charge in [-0.1, -0.05) is 0 Å². The summed E-state index contributed by atoms with van der Waals surface area (Å²) in [6.45, 7) is -0.602. The van der Waals surface area contributed by atoms with E-state index in [1.165, 1.54) is 25.3 Å². The second-order valence-electron chi connectivity index (χ2n) is 7.61. The zero-order valence-corrected chi connectivity index (χ0v) is 17.4. The van der Waals surface area contributed by atoms with Crippen LogP contribution in [0.4, 0.5) is 8.78 Å². The van der Waals surface area contributed by atoms with Crippen LogP contribution in [0.1, 0.15) is 36.0 Å². The minimum Gasteiger partial charge on any atom is -0.493 e. The molecule has 0 bridgehead atoms. The van der Waals surface area contributed by atoms with Crippen molar-refractivity contribution in [2.75, 3.05) is 39.8 Å².